The van der Waals surface area contributed by atoms with Gasteiger partial charge in [-0.05, 0) is 37.3 Å². The minimum absolute atomic E-state index is 0.377. The molecule has 2 aromatic rings. The monoisotopic (exact) mass is 326 g/mol. The molecule has 3 atom stereocenters. The molecule has 1 aromatic carbocycles. The van der Waals surface area contributed by atoms with E-state index in [1.54, 1.807) is 4.68 Å². The van der Waals surface area contributed by atoms with Crippen LogP contribution in [-0.4, -0.2) is 43.1 Å². The highest BCUT2D eigenvalue weighted by molar-refractivity contribution is 5.74. The number of likely N-dealkylation sites (tertiary alicyclic amines) is 1. The average Bonchev–Trinajstić information content (AvgIpc) is 3.21. The zero-order valence-electron chi connectivity index (χ0n) is 13.6. The lowest BCUT2D eigenvalue weighted by molar-refractivity contribution is -0.142. The van der Waals surface area contributed by atoms with E-state index in [0.717, 1.165) is 30.6 Å². The predicted molar refractivity (Wildman–Crippen MR) is 88.7 cm³/mol. The van der Waals surface area contributed by atoms with E-state index in [4.69, 9.17) is 0 Å². The first-order chi connectivity index (χ1) is 11.7. The van der Waals surface area contributed by atoms with Crippen molar-refractivity contribution in [3.05, 3.63) is 42.2 Å². The van der Waals surface area contributed by atoms with Gasteiger partial charge in [0, 0.05) is 12.6 Å². The summed E-state index contributed by atoms with van der Waals surface area (Å²) in [6.45, 7) is 0.560. The Morgan fingerprint density at radius 1 is 1.21 bits per heavy atom. The Morgan fingerprint density at radius 3 is 2.79 bits per heavy atom. The molecule has 3 unspecified atom stereocenters. The SMILES string of the molecule is O=C(O)C1CC2CCCCC2N1Cc1cn(-c2ccccc2)nn1. The molecule has 1 aromatic heterocycles. The molecule has 0 radical (unpaired) electrons. The van der Waals surface area contributed by atoms with Crippen LogP contribution >= 0.6 is 0 Å². The van der Waals surface area contributed by atoms with Crippen molar-refractivity contribution < 1.29 is 9.90 Å². The molecule has 126 valence electrons. The molecule has 1 aliphatic heterocycles. The van der Waals surface area contributed by atoms with Gasteiger partial charge in [0.25, 0.3) is 0 Å². The fourth-order valence-corrected chi connectivity index (χ4v) is 4.29. The molecule has 2 heterocycles. The highest BCUT2D eigenvalue weighted by atomic mass is 16.4. The standard InChI is InChI=1S/C18H22N4O2/c23-18(24)17-10-13-6-4-5-9-16(13)21(17)11-14-12-22(20-19-14)15-7-2-1-3-8-15/h1-3,7-8,12-13,16-17H,4-6,9-11H2,(H,23,24). The Bertz CT molecular complexity index is 715. The second kappa shape index (κ2) is 6.36. The van der Waals surface area contributed by atoms with Crippen molar-refractivity contribution >= 4 is 5.97 Å². The van der Waals surface area contributed by atoms with E-state index in [1.165, 1.54) is 12.8 Å². The number of nitrogens with zero attached hydrogens (tertiary/aromatic N) is 4. The van der Waals surface area contributed by atoms with Crippen molar-refractivity contribution in [3.63, 3.8) is 0 Å². The quantitative estimate of drug-likeness (QED) is 0.934. The van der Waals surface area contributed by atoms with Gasteiger partial charge in [-0.25, -0.2) is 4.68 Å². The van der Waals surface area contributed by atoms with Gasteiger partial charge in [-0.2, -0.15) is 0 Å². The maximum atomic E-state index is 11.7. The normalized spacial score (nSPS) is 27.1. The van der Waals surface area contributed by atoms with Gasteiger partial charge < -0.3 is 5.11 Å². The molecule has 2 aliphatic rings. The minimum atomic E-state index is -0.708. The Labute approximate surface area is 141 Å². The minimum Gasteiger partial charge on any atom is -0.480 e. The highest BCUT2D eigenvalue weighted by Crippen LogP contribution is 2.40. The highest BCUT2D eigenvalue weighted by Gasteiger charge is 2.45. The maximum Gasteiger partial charge on any atom is 0.320 e. The van der Waals surface area contributed by atoms with Crippen LogP contribution in [-0.2, 0) is 11.3 Å². The first-order valence-corrected chi connectivity index (χ1v) is 8.67. The van der Waals surface area contributed by atoms with Gasteiger partial charge in [0.15, 0.2) is 0 Å². The number of rotatable bonds is 4. The molecule has 1 saturated carbocycles. The number of aromatic nitrogens is 3. The number of aliphatic carboxylic acids is 1. The summed E-state index contributed by atoms with van der Waals surface area (Å²) in [7, 11) is 0. The lowest BCUT2D eigenvalue weighted by Crippen LogP contribution is -2.41. The second-order valence-corrected chi connectivity index (χ2v) is 6.86. The van der Waals surface area contributed by atoms with Gasteiger partial charge in [-0.1, -0.05) is 36.3 Å². The molecule has 1 N–H and O–H groups in total. The molecule has 0 spiro atoms. The van der Waals surface area contributed by atoms with Crippen LogP contribution in [0, 0.1) is 5.92 Å². The molecule has 6 nitrogen and oxygen atoms in total. The predicted octanol–water partition coefficient (Wildman–Crippen LogP) is 2.49. The smallest absolute Gasteiger partial charge is 0.320 e. The van der Waals surface area contributed by atoms with Crippen LogP contribution in [0.15, 0.2) is 36.5 Å². The molecule has 0 bridgehead atoms. The van der Waals surface area contributed by atoms with E-state index in [-0.39, 0.29) is 6.04 Å². The fraction of sp³-hybridized carbons (Fsp3) is 0.500. The number of fused-ring (bicyclic) bond motifs is 1. The van der Waals surface area contributed by atoms with Crippen molar-refractivity contribution in [1.82, 2.24) is 19.9 Å². The maximum absolute atomic E-state index is 11.7. The first kappa shape index (κ1) is 15.3. The topological polar surface area (TPSA) is 71.2 Å². The number of carbonyl (C=O) groups is 1. The summed E-state index contributed by atoms with van der Waals surface area (Å²) < 4.78 is 1.75. The molecule has 6 heteroatoms. The molecule has 0 amide bonds. The molecular weight excluding hydrogens is 304 g/mol. The number of hydrogen-bond donors (Lipinski definition) is 1. The van der Waals surface area contributed by atoms with E-state index < -0.39 is 5.97 Å². The third-order valence-electron chi connectivity index (χ3n) is 5.41. The van der Waals surface area contributed by atoms with Crippen LogP contribution < -0.4 is 0 Å². The van der Waals surface area contributed by atoms with Gasteiger partial charge in [0.1, 0.15) is 6.04 Å². The van der Waals surface area contributed by atoms with E-state index >= 15 is 0 Å². The van der Waals surface area contributed by atoms with Crippen molar-refractivity contribution in [1.29, 1.82) is 0 Å². The molecule has 1 aliphatic carbocycles. The van der Waals surface area contributed by atoms with Gasteiger partial charge in [0.05, 0.1) is 17.6 Å². The number of para-hydroxylation sites is 1. The largest absolute Gasteiger partial charge is 0.480 e. The zero-order chi connectivity index (χ0) is 16.5. The Kier molecular flexibility index (Phi) is 4.06. The van der Waals surface area contributed by atoms with Gasteiger partial charge in [-0.3, -0.25) is 9.69 Å². The van der Waals surface area contributed by atoms with Crippen LogP contribution in [0.1, 0.15) is 37.8 Å². The molecule has 1 saturated heterocycles. The third-order valence-corrected chi connectivity index (χ3v) is 5.41. The number of hydrogen-bond acceptors (Lipinski definition) is 4. The van der Waals surface area contributed by atoms with Crippen molar-refractivity contribution in [2.75, 3.05) is 0 Å². The Balaban J connectivity index is 1.55. The third kappa shape index (κ3) is 2.82. The van der Waals surface area contributed by atoms with E-state index in [1.807, 2.05) is 36.5 Å². The lowest BCUT2D eigenvalue weighted by Gasteiger charge is -2.32. The van der Waals surface area contributed by atoms with Crippen LogP contribution in [0.4, 0.5) is 0 Å². The first-order valence-electron chi connectivity index (χ1n) is 8.67. The van der Waals surface area contributed by atoms with E-state index in [9.17, 15) is 9.90 Å². The number of carboxylic acid groups (broad SMARTS) is 1. The second-order valence-electron chi connectivity index (χ2n) is 6.86. The summed E-state index contributed by atoms with van der Waals surface area (Å²) in [5.74, 6) is -0.191. The average molecular weight is 326 g/mol. The summed E-state index contributed by atoms with van der Waals surface area (Å²) >= 11 is 0. The van der Waals surface area contributed by atoms with E-state index in [0.29, 0.717) is 18.5 Å². The van der Waals surface area contributed by atoms with Gasteiger partial charge >= 0.3 is 5.97 Å². The van der Waals surface area contributed by atoms with Crippen molar-refractivity contribution in [2.45, 2.75) is 50.7 Å². The van der Waals surface area contributed by atoms with Gasteiger partial charge in [0.2, 0.25) is 0 Å². The molecular formula is C18H22N4O2. The van der Waals surface area contributed by atoms with Crippen LogP contribution in [0.25, 0.3) is 5.69 Å². The van der Waals surface area contributed by atoms with Crippen LogP contribution in [0.3, 0.4) is 0 Å². The fourth-order valence-electron chi connectivity index (χ4n) is 4.29. The number of benzene rings is 1. The van der Waals surface area contributed by atoms with Crippen LogP contribution in [0.2, 0.25) is 0 Å². The molecule has 24 heavy (non-hydrogen) atoms. The van der Waals surface area contributed by atoms with Crippen LogP contribution in [0.5, 0.6) is 0 Å². The summed E-state index contributed by atoms with van der Waals surface area (Å²) in [6, 6.07) is 9.83. The van der Waals surface area contributed by atoms with Gasteiger partial charge in [-0.15, -0.1) is 5.10 Å². The molecule has 2 fully saturated rings. The summed E-state index contributed by atoms with van der Waals surface area (Å²) in [5, 5.41) is 18.1. The Hall–Kier alpha value is -2.21. The summed E-state index contributed by atoms with van der Waals surface area (Å²) in [6.07, 6.45) is 7.35. The zero-order valence-corrected chi connectivity index (χ0v) is 13.6. The summed E-state index contributed by atoms with van der Waals surface area (Å²) in [4.78, 5) is 13.8. The summed E-state index contributed by atoms with van der Waals surface area (Å²) in [5.41, 5.74) is 1.79. The lowest BCUT2D eigenvalue weighted by atomic mass is 9.85. The van der Waals surface area contributed by atoms with E-state index in [2.05, 4.69) is 15.2 Å². The molecule has 4 rings (SSSR count). The Morgan fingerprint density at radius 2 is 2.00 bits per heavy atom. The number of carboxylic acids is 1. The van der Waals surface area contributed by atoms with Crippen molar-refractivity contribution in [2.24, 2.45) is 5.92 Å². The van der Waals surface area contributed by atoms with Crippen molar-refractivity contribution in [3.8, 4) is 5.69 Å².